The fraction of sp³-hybridized carbons (Fsp3) is 0.522. The predicted molar refractivity (Wildman–Crippen MR) is 143 cm³/mol. The number of hydrogen-bond donors (Lipinski definition) is 3. The number of rotatable bonds is 5. The van der Waals surface area contributed by atoms with Gasteiger partial charge in [0.15, 0.2) is 0 Å². The number of H-pyrrole nitrogens is 1. The van der Waals surface area contributed by atoms with Gasteiger partial charge in [-0.15, -0.1) is 12.4 Å². The quantitative estimate of drug-likeness (QED) is 0.448. The molecule has 2 aromatic heterocycles. The van der Waals surface area contributed by atoms with Gasteiger partial charge in [-0.2, -0.15) is 20.2 Å². The zero-order chi connectivity index (χ0) is 23.7. The van der Waals surface area contributed by atoms with E-state index in [0.717, 1.165) is 56.0 Å². The van der Waals surface area contributed by atoms with Crippen molar-refractivity contribution in [3.63, 3.8) is 0 Å². The van der Waals surface area contributed by atoms with E-state index in [4.69, 9.17) is 11.6 Å². The molecule has 0 radical (unpaired) electrons. The van der Waals surface area contributed by atoms with Crippen LogP contribution in [0, 0.1) is 11.3 Å². The monoisotopic (exact) mass is 535 g/mol. The maximum atomic E-state index is 12.7. The van der Waals surface area contributed by atoms with Crippen molar-refractivity contribution in [2.24, 2.45) is 0 Å². The second kappa shape index (κ2) is 11.3. The van der Waals surface area contributed by atoms with Crippen LogP contribution in [0.5, 0.6) is 0 Å². The van der Waals surface area contributed by atoms with Crippen LogP contribution in [0.2, 0.25) is 5.02 Å². The molecule has 0 spiro atoms. The summed E-state index contributed by atoms with van der Waals surface area (Å²) in [6.07, 6.45) is 6.32. The Morgan fingerprint density at radius 3 is 2.50 bits per heavy atom. The number of fused-ring (bicyclic) bond motifs is 1. The van der Waals surface area contributed by atoms with Crippen LogP contribution in [0.4, 0.5) is 17.8 Å². The van der Waals surface area contributed by atoms with Crippen LogP contribution >= 0.6 is 24.0 Å². The van der Waals surface area contributed by atoms with E-state index in [1.54, 1.807) is 13.1 Å². The number of halogens is 2. The lowest BCUT2D eigenvalue weighted by atomic mass is 9.83. The van der Waals surface area contributed by atoms with Crippen molar-refractivity contribution in [2.45, 2.75) is 56.5 Å². The highest BCUT2D eigenvalue weighted by molar-refractivity contribution is 6.31. The highest BCUT2D eigenvalue weighted by Crippen LogP contribution is 2.32. The molecule has 1 aromatic carbocycles. The zero-order valence-electron chi connectivity index (χ0n) is 20.1. The Balaban J connectivity index is 0.00000180. The van der Waals surface area contributed by atoms with Crippen LogP contribution in [-0.2, 0) is 0 Å². The summed E-state index contributed by atoms with van der Waals surface area (Å²) in [7, 11) is 1.77. The molecular weight excluding hydrogens is 505 g/mol. The molecule has 3 aromatic rings. The summed E-state index contributed by atoms with van der Waals surface area (Å²) in [4.78, 5) is 31.4. The fourth-order valence-corrected chi connectivity index (χ4v) is 5.27. The molecule has 11 nitrogen and oxygen atoms in total. The minimum absolute atomic E-state index is 0. The molecule has 36 heavy (non-hydrogen) atoms. The van der Waals surface area contributed by atoms with Gasteiger partial charge >= 0.3 is 5.69 Å². The van der Waals surface area contributed by atoms with Gasteiger partial charge < -0.3 is 26.0 Å². The van der Waals surface area contributed by atoms with Crippen molar-refractivity contribution in [3.8, 4) is 6.07 Å². The van der Waals surface area contributed by atoms with Crippen LogP contribution in [0.15, 0.2) is 23.0 Å². The molecular formula is C23H31Cl2N9O2. The number of aromatic nitrogens is 5. The molecule has 0 amide bonds. The summed E-state index contributed by atoms with van der Waals surface area (Å²) in [6.45, 7) is 1.40. The highest BCUT2D eigenvalue weighted by Gasteiger charge is 2.33. The maximum absolute atomic E-state index is 12.7. The van der Waals surface area contributed by atoms with Gasteiger partial charge in [-0.3, -0.25) is 4.57 Å². The van der Waals surface area contributed by atoms with Gasteiger partial charge in [0.2, 0.25) is 17.8 Å². The molecule has 1 aliphatic heterocycles. The standard InChI is InChI=1S/C23H28ClN9O.ClH.H2O/c1-26-19-28-20(31-23(14-25)9-3-2-4-10-23)30-21(29-19)32-11-7-16(8-12-32)33-18-6-5-15(24)13-17(18)27-22(33)34;;/h5-6,13,16H,2-4,7-12H2,1H3,(H,27,34)(H2,26,28,29,30,31);1H;1H2. The van der Waals surface area contributed by atoms with Gasteiger partial charge in [0.25, 0.3) is 0 Å². The van der Waals surface area contributed by atoms with Gasteiger partial charge in [0.1, 0.15) is 5.54 Å². The number of benzene rings is 1. The third-order valence-electron chi connectivity index (χ3n) is 6.91. The molecule has 5 rings (SSSR count). The molecule has 2 fully saturated rings. The smallest absolute Gasteiger partial charge is 0.326 e. The molecule has 1 saturated carbocycles. The Hall–Kier alpha value is -3.07. The largest absolute Gasteiger partial charge is 0.412 e. The number of imidazole rings is 1. The topological polar surface area (TPSA) is 159 Å². The molecule has 0 atom stereocenters. The van der Waals surface area contributed by atoms with Crippen LogP contribution < -0.4 is 21.2 Å². The minimum Gasteiger partial charge on any atom is -0.412 e. The molecule has 2 aliphatic rings. The lowest BCUT2D eigenvalue weighted by Crippen LogP contribution is -2.40. The van der Waals surface area contributed by atoms with Gasteiger partial charge in [0.05, 0.1) is 17.1 Å². The number of nitriles is 1. The molecule has 3 heterocycles. The summed E-state index contributed by atoms with van der Waals surface area (Å²) < 4.78 is 1.84. The van der Waals surface area contributed by atoms with Crippen LogP contribution in [0.25, 0.3) is 11.0 Å². The van der Waals surface area contributed by atoms with Crippen molar-refractivity contribution in [1.29, 1.82) is 5.26 Å². The Morgan fingerprint density at radius 2 is 1.83 bits per heavy atom. The average Bonchev–Trinajstić information content (AvgIpc) is 3.19. The number of piperidine rings is 1. The third-order valence-corrected chi connectivity index (χ3v) is 7.15. The van der Waals surface area contributed by atoms with Gasteiger partial charge in [0, 0.05) is 31.2 Å². The van der Waals surface area contributed by atoms with E-state index in [2.05, 4.69) is 41.5 Å². The van der Waals surface area contributed by atoms with Crippen molar-refractivity contribution in [1.82, 2.24) is 24.5 Å². The number of anilines is 3. The average molecular weight is 536 g/mol. The van der Waals surface area contributed by atoms with Crippen LogP contribution in [-0.4, -0.2) is 55.7 Å². The van der Waals surface area contributed by atoms with Gasteiger partial charge in [-0.1, -0.05) is 30.9 Å². The molecule has 1 saturated heterocycles. The fourth-order valence-electron chi connectivity index (χ4n) is 5.10. The van der Waals surface area contributed by atoms with E-state index in [9.17, 15) is 10.1 Å². The number of hydrogen-bond acceptors (Lipinski definition) is 8. The highest BCUT2D eigenvalue weighted by atomic mass is 35.5. The van der Waals surface area contributed by atoms with E-state index >= 15 is 0 Å². The number of nitrogens with zero attached hydrogens (tertiary/aromatic N) is 6. The second-order valence-corrected chi connectivity index (χ2v) is 9.53. The summed E-state index contributed by atoms with van der Waals surface area (Å²) >= 11 is 6.08. The van der Waals surface area contributed by atoms with Gasteiger partial charge in [-0.25, -0.2) is 4.79 Å². The zero-order valence-corrected chi connectivity index (χ0v) is 21.6. The molecule has 0 bridgehead atoms. The summed E-state index contributed by atoms with van der Waals surface area (Å²) in [6, 6.07) is 8.01. The van der Waals surface area contributed by atoms with Crippen LogP contribution in [0.1, 0.15) is 51.0 Å². The summed E-state index contributed by atoms with van der Waals surface area (Å²) in [5.74, 6) is 1.45. The minimum atomic E-state index is -0.631. The first-order valence-electron chi connectivity index (χ1n) is 11.8. The Morgan fingerprint density at radius 1 is 1.14 bits per heavy atom. The second-order valence-electron chi connectivity index (χ2n) is 9.09. The lowest BCUT2D eigenvalue weighted by Gasteiger charge is -2.34. The Labute approximate surface area is 220 Å². The molecule has 0 unspecified atom stereocenters. The first kappa shape index (κ1) is 27.5. The molecule has 1 aliphatic carbocycles. The predicted octanol–water partition coefficient (Wildman–Crippen LogP) is 3.29. The van der Waals surface area contributed by atoms with Crippen molar-refractivity contribution >= 4 is 52.9 Å². The maximum Gasteiger partial charge on any atom is 0.326 e. The first-order valence-corrected chi connectivity index (χ1v) is 12.2. The SMILES string of the molecule is CNc1nc(NC2(C#N)CCCCC2)nc(N2CCC(n3c(=O)[nH]c4cc(Cl)ccc43)CC2)n1.Cl.O. The molecule has 13 heteroatoms. The van der Waals surface area contributed by atoms with E-state index < -0.39 is 5.54 Å². The van der Waals surface area contributed by atoms with Crippen molar-refractivity contribution in [2.75, 3.05) is 35.7 Å². The van der Waals surface area contributed by atoms with E-state index in [1.165, 1.54) is 0 Å². The van der Waals surface area contributed by atoms with E-state index in [-0.39, 0.29) is 29.6 Å². The third kappa shape index (κ3) is 5.36. The molecule has 194 valence electrons. The molecule has 5 N–H and O–H groups in total. The van der Waals surface area contributed by atoms with Crippen molar-refractivity contribution in [3.05, 3.63) is 33.7 Å². The normalized spacial score (nSPS) is 17.5. The Kier molecular flexibility index (Phi) is 8.66. The van der Waals surface area contributed by atoms with Crippen molar-refractivity contribution < 1.29 is 5.48 Å². The summed E-state index contributed by atoms with van der Waals surface area (Å²) in [5.41, 5.74) is 0.871. The Bertz CT molecular complexity index is 1290. The van der Waals surface area contributed by atoms with Gasteiger partial charge in [-0.05, 0) is 43.9 Å². The first-order chi connectivity index (χ1) is 16.5. The number of aromatic amines is 1. The van der Waals surface area contributed by atoms with Crippen LogP contribution in [0.3, 0.4) is 0 Å². The van der Waals surface area contributed by atoms with E-state index in [1.807, 2.05) is 16.7 Å². The number of nitrogens with one attached hydrogen (secondary N) is 3. The lowest BCUT2D eigenvalue weighted by molar-refractivity contribution is 0.389. The summed E-state index contributed by atoms with van der Waals surface area (Å²) in [5, 5.41) is 16.7. The van der Waals surface area contributed by atoms with E-state index in [0.29, 0.717) is 36.0 Å².